The molecule has 0 N–H and O–H groups in total. The molecular weight excluding hydrogens is 316 g/mol. The van der Waals surface area contributed by atoms with Crippen LogP contribution in [-0.4, -0.2) is 30.1 Å². The summed E-state index contributed by atoms with van der Waals surface area (Å²) >= 11 is 1.50. The maximum Gasteiger partial charge on any atom is 0.309 e. The highest BCUT2D eigenvalue weighted by atomic mass is 32.1. The molecule has 0 radical (unpaired) electrons. The molecule has 0 fully saturated rings. The van der Waals surface area contributed by atoms with Crippen LogP contribution < -0.4 is 9.64 Å². The summed E-state index contributed by atoms with van der Waals surface area (Å²) in [5.74, 6) is -0.137. The first-order valence-corrected chi connectivity index (χ1v) is 8.01. The fourth-order valence-corrected chi connectivity index (χ4v) is 3.19. The van der Waals surface area contributed by atoms with Gasteiger partial charge in [-0.3, -0.25) is 9.59 Å². The SMILES string of the molecule is COC(=O)CC1Oc2ccccc2N(Cc2scnc2C)C1=O. The maximum absolute atomic E-state index is 12.8. The van der Waals surface area contributed by atoms with Gasteiger partial charge < -0.3 is 14.4 Å². The molecule has 0 aliphatic carbocycles. The summed E-state index contributed by atoms with van der Waals surface area (Å²) in [7, 11) is 1.29. The number of nitrogens with zero attached hydrogens (tertiary/aromatic N) is 2. The molecule has 1 aliphatic heterocycles. The number of fused-ring (bicyclic) bond motifs is 1. The summed E-state index contributed by atoms with van der Waals surface area (Å²) in [6.07, 6.45) is -0.979. The lowest BCUT2D eigenvalue weighted by Gasteiger charge is -2.33. The zero-order valence-corrected chi connectivity index (χ0v) is 13.6. The molecule has 7 heteroatoms. The molecule has 120 valence electrons. The van der Waals surface area contributed by atoms with Gasteiger partial charge in [0.1, 0.15) is 5.75 Å². The van der Waals surface area contributed by atoms with Crippen molar-refractivity contribution in [2.24, 2.45) is 0 Å². The van der Waals surface area contributed by atoms with Crippen molar-refractivity contribution in [2.75, 3.05) is 12.0 Å². The number of rotatable bonds is 4. The van der Waals surface area contributed by atoms with Crippen LogP contribution in [0.2, 0.25) is 0 Å². The van der Waals surface area contributed by atoms with Gasteiger partial charge in [0.2, 0.25) is 0 Å². The first-order chi connectivity index (χ1) is 11.1. The summed E-state index contributed by atoms with van der Waals surface area (Å²) in [6.45, 7) is 2.32. The lowest BCUT2D eigenvalue weighted by Crippen LogP contribution is -2.46. The predicted molar refractivity (Wildman–Crippen MR) is 85.5 cm³/mol. The van der Waals surface area contributed by atoms with Crippen LogP contribution in [0.5, 0.6) is 5.75 Å². The average Bonchev–Trinajstić information content (AvgIpc) is 2.96. The number of anilines is 1. The molecule has 3 rings (SSSR count). The fourth-order valence-electron chi connectivity index (χ4n) is 2.42. The molecule has 1 aliphatic rings. The summed E-state index contributed by atoms with van der Waals surface area (Å²) < 4.78 is 10.3. The average molecular weight is 332 g/mol. The zero-order valence-electron chi connectivity index (χ0n) is 12.8. The van der Waals surface area contributed by atoms with Crippen LogP contribution in [0.1, 0.15) is 17.0 Å². The number of hydrogen-bond donors (Lipinski definition) is 0. The van der Waals surface area contributed by atoms with E-state index in [4.69, 9.17) is 4.74 Å². The summed E-state index contributed by atoms with van der Waals surface area (Å²) in [5.41, 5.74) is 3.36. The van der Waals surface area contributed by atoms with Gasteiger partial charge in [-0.05, 0) is 19.1 Å². The number of benzene rings is 1. The van der Waals surface area contributed by atoms with Crippen LogP contribution in [0.15, 0.2) is 29.8 Å². The van der Waals surface area contributed by atoms with E-state index in [0.29, 0.717) is 18.0 Å². The van der Waals surface area contributed by atoms with Gasteiger partial charge in [-0.1, -0.05) is 12.1 Å². The van der Waals surface area contributed by atoms with Gasteiger partial charge in [-0.25, -0.2) is 4.98 Å². The minimum atomic E-state index is -0.870. The molecule has 0 saturated carbocycles. The van der Waals surface area contributed by atoms with E-state index in [1.807, 2.05) is 25.1 Å². The molecule has 2 heterocycles. The first-order valence-electron chi connectivity index (χ1n) is 7.13. The van der Waals surface area contributed by atoms with Crippen molar-refractivity contribution in [1.82, 2.24) is 4.98 Å². The highest BCUT2D eigenvalue weighted by Gasteiger charge is 2.36. The van der Waals surface area contributed by atoms with E-state index in [1.54, 1.807) is 16.5 Å². The third kappa shape index (κ3) is 3.05. The predicted octanol–water partition coefficient (Wildman–Crippen LogP) is 2.31. The standard InChI is InChI=1S/C16H16N2O4S/c1-10-14(23-9-17-10)8-18-11-5-3-4-6-12(11)22-13(16(18)20)7-15(19)21-2/h3-6,9,13H,7-8H2,1-2H3. The Balaban J connectivity index is 1.93. The number of amides is 1. The van der Waals surface area contributed by atoms with Gasteiger partial charge in [0, 0.05) is 4.88 Å². The highest BCUT2D eigenvalue weighted by molar-refractivity contribution is 7.09. The van der Waals surface area contributed by atoms with Crippen LogP contribution in [-0.2, 0) is 20.9 Å². The monoisotopic (exact) mass is 332 g/mol. The first kappa shape index (κ1) is 15.5. The van der Waals surface area contributed by atoms with Gasteiger partial charge in [-0.2, -0.15) is 0 Å². The zero-order chi connectivity index (χ0) is 16.4. The minimum Gasteiger partial charge on any atom is -0.478 e. The Morgan fingerprint density at radius 3 is 2.91 bits per heavy atom. The number of para-hydroxylation sites is 2. The Hall–Kier alpha value is -2.41. The number of ether oxygens (including phenoxy) is 2. The molecule has 1 unspecified atom stereocenters. The Morgan fingerprint density at radius 2 is 2.22 bits per heavy atom. The Morgan fingerprint density at radius 1 is 1.43 bits per heavy atom. The third-order valence-corrected chi connectivity index (χ3v) is 4.61. The topological polar surface area (TPSA) is 68.7 Å². The second-order valence-corrected chi connectivity index (χ2v) is 6.08. The van der Waals surface area contributed by atoms with Crippen molar-refractivity contribution in [3.63, 3.8) is 0 Å². The normalized spacial score (nSPS) is 16.7. The number of hydrogen-bond acceptors (Lipinski definition) is 6. The van der Waals surface area contributed by atoms with E-state index in [1.165, 1.54) is 18.4 Å². The summed E-state index contributed by atoms with van der Waals surface area (Å²) in [5, 5.41) is 0. The Kier molecular flexibility index (Phi) is 4.29. The van der Waals surface area contributed by atoms with Crippen molar-refractivity contribution in [2.45, 2.75) is 26.0 Å². The third-order valence-electron chi connectivity index (χ3n) is 3.69. The molecule has 0 spiro atoms. The Labute approximate surface area is 137 Å². The van der Waals surface area contributed by atoms with E-state index < -0.39 is 12.1 Å². The maximum atomic E-state index is 12.8. The molecule has 1 amide bonds. The number of aryl methyl sites for hydroxylation is 1. The number of thiazole rings is 1. The number of methoxy groups -OCH3 is 1. The van der Waals surface area contributed by atoms with Crippen molar-refractivity contribution >= 4 is 28.9 Å². The smallest absolute Gasteiger partial charge is 0.309 e. The van der Waals surface area contributed by atoms with E-state index in [2.05, 4.69) is 9.72 Å². The quantitative estimate of drug-likeness (QED) is 0.804. The molecule has 1 atom stereocenters. The Bertz CT molecular complexity index is 743. The number of aromatic nitrogens is 1. The van der Waals surface area contributed by atoms with E-state index in [0.717, 1.165) is 10.6 Å². The van der Waals surface area contributed by atoms with Gasteiger partial charge in [0.15, 0.2) is 6.10 Å². The van der Waals surface area contributed by atoms with Crippen molar-refractivity contribution in [1.29, 1.82) is 0 Å². The van der Waals surface area contributed by atoms with Crippen molar-refractivity contribution in [3.05, 3.63) is 40.3 Å². The lowest BCUT2D eigenvalue weighted by molar-refractivity contribution is -0.145. The highest BCUT2D eigenvalue weighted by Crippen LogP contribution is 2.36. The van der Waals surface area contributed by atoms with Crippen molar-refractivity contribution in [3.8, 4) is 5.75 Å². The van der Waals surface area contributed by atoms with E-state index >= 15 is 0 Å². The summed E-state index contributed by atoms with van der Waals surface area (Å²) in [4.78, 5) is 31.2. The van der Waals surface area contributed by atoms with Crippen LogP contribution >= 0.6 is 11.3 Å². The van der Waals surface area contributed by atoms with Crippen LogP contribution in [0.4, 0.5) is 5.69 Å². The molecule has 1 aromatic heterocycles. The van der Waals surface area contributed by atoms with Crippen LogP contribution in [0.25, 0.3) is 0 Å². The molecular formula is C16H16N2O4S. The second-order valence-electron chi connectivity index (χ2n) is 5.14. The summed E-state index contributed by atoms with van der Waals surface area (Å²) in [6, 6.07) is 7.30. The van der Waals surface area contributed by atoms with Gasteiger partial charge in [0.05, 0.1) is 37.0 Å². The minimum absolute atomic E-state index is 0.109. The van der Waals surface area contributed by atoms with Gasteiger partial charge in [-0.15, -0.1) is 11.3 Å². The number of esters is 1. The van der Waals surface area contributed by atoms with Crippen LogP contribution in [0, 0.1) is 6.92 Å². The second kappa shape index (κ2) is 6.37. The molecule has 0 saturated heterocycles. The van der Waals surface area contributed by atoms with Crippen LogP contribution in [0.3, 0.4) is 0 Å². The van der Waals surface area contributed by atoms with Gasteiger partial charge in [0.25, 0.3) is 5.91 Å². The van der Waals surface area contributed by atoms with E-state index in [9.17, 15) is 9.59 Å². The molecule has 2 aromatic rings. The molecule has 6 nitrogen and oxygen atoms in total. The largest absolute Gasteiger partial charge is 0.478 e. The number of carbonyl (C=O) groups is 2. The fraction of sp³-hybridized carbons (Fsp3) is 0.312. The molecule has 23 heavy (non-hydrogen) atoms. The lowest BCUT2D eigenvalue weighted by atomic mass is 10.1. The van der Waals surface area contributed by atoms with Crippen molar-refractivity contribution < 1.29 is 19.1 Å². The van der Waals surface area contributed by atoms with E-state index in [-0.39, 0.29) is 12.3 Å². The molecule has 1 aromatic carbocycles. The number of carbonyl (C=O) groups excluding carboxylic acids is 2. The van der Waals surface area contributed by atoms with Gasteiger partial charge >= 0.3 is 5.97 Å². The molecule has 0 bridgehead atoms.